The lowest BCUT2D eigenvalue weighted by molar-refractivity contribution is -0.156. The first-order valence-corrected chi connectivity index (χ1v) is 9.43. The fourth-order valence-corrected chi connectivity index (χ4v) is 5.34. The normalized spacial score (nSPS) is 39.6. The number of carbonyl (C=O) groups excluding carboxylic acids is 3. The molecular weight excluding hydrogens is 367 g/mol. The number of methoxy groups -OCH3 is 1. The highest BCUT2D eigenvalue weighted by Gasteiger charge is 2.63. The maximum absolute atomic E-state index is 13.2. The summed E-state index contributed by atoms with van der Waals surface area (Å²) in [5.41, 5.74) is 7.15. The number of rotatable bonds is 3. The summed E-state index contributed by atoms with van der Waals surface area (Å²) >= 11 is 0. The first kappa shape index (κ1) is 19.2. The number of piperidine rings is 1. The monoisotopic (exact) mass is 390 g/mol. The molecule has 1 aliphatic heterocycles. The fraction of sp³-hybridized carbons (Fsp3) is 0.550. The molecule has 4 N–H and O–H groups in total. The van der Waals surface area contributed by atoms with E-state index in [0.29, 0.717) is 6.42 Å². The van der Waals surface area contributed by atoms with Crippen LogP contribution in [-0.4, -0.2) is 54.0 Å². The van der Waals surface area contributed by atoms with E-state index < -0.39 is 59.5 Å². The molecule has 4 rings (SSSR count). The van der Waals surface area contributed by atoms with Crippen molar-refractivity contribution in [3.05, 3.63) is 35.6 Å². The molecule has 3 aliphatic rings. The predicted octanol–water partition coefficient (Wildman–Crippen LogP) is -0.410. The first-order valence-electron chi connectivity index (χ1n) is 9.43. The average molecular weight is 390 g/mol. The molecule has 7 nitrogen and oxygen atoms in total. The minimum absolute atomic E-state index is 0.183. The summed E-state index contributed by atoms with van der Waals surface area (Å²) < 4.78 is 18.0. The van der Waals surface area contributed by atoms with Gasteiger partial charge in [0.1, 0.15) is 5.82 Å². The zero-order chi connectivity index (χ0) is 20.2. The van der Waals surface area contributed by atoms with Crippen LogP contribution in [0.5, 0.6) is 0 Å². The molecule has 1 saturated heterocycles. The summed E-state index contributed by atoms with van der Waals surface area (Å²) in [5, 5.41) is 13.9. The van der Waals surface area contributed by atoms with Crippen molar-refractivity contribution in [3.8, 4) is 0 Å². The van der Waals surface area contributed by atoms with Gasteiger partial charge in [0.15, 0.2) is 0 Å². The van der Waals surface area contributed by atoms with Gasteiger partial charge in [0.25, 0.3) is 0 Å². The van der Waals surface area contributed by atoms with Crippen LogP contribution >= 0.6 is 0 Å². The lowest BCUT2D eigenvalue weighted by atomic mass is 9.62. The topological polar surface area (TPSA) is 119 Å². The Morgan fingerprint density at radius 1 is 1.29 bits per heavy atom. The van der Waals surface area contributed by atoms with Gasteiger partial charge in [0.2, 0.25) is 11.6 Å². The van der Waals surface area contributed by atoms with E-state index in [-0.39, 0.29) is 18.2 Å². The Morgan fingerprint density at radius 3 is 2.61 bits per heavy atom. The summed E-state index contributed by atoms with van der Waals surface area (Å²) in [6.07, 6.45) is -0.484. The summed E-state index contributed by atoms with van der Waals surface area (Å²) in [7, 11) is 1.25. The second kappa shape index (κ2) is 7.02. The predicted molar refractivity (Wildman–Crippen MR) is 95.4 cm³/mol. The SMILES string of the molecule is COC(=O)C1CC(N)C2C(NC3C(=O)C(=O)C2C3Cc2ccc(F)cc2)C1O. The molecule has 0 amide bonds. The molecule has 8 unspecified atom stereocenters. The number of Topliss-reactive ketones (excluding diaryl/α,β-unsaturated/α-hetero) is 2. The summed E-state index contributed by atoms with van der Waals surface area (Å²) in [4.78, 5) is 37.3. The average Bonchev–Trinajstić information content (AvgIpc) is 2.83. The van der Waals surface area contributed by atoms with Gasteiger partial charge in [-0.3, -0.25) is 14.4 Å². The van der Waals surface area contributed by atoms with Gasteiger partial charge >= 0.3 is 5.97 Å². The number of ketones is 2. The van der Waals surface area contributed by atoms with E-state index in [9.17, 15) is 23.9 Å². The molecule has 1 aromatic rings. The number of carbonyl (C=O) groups is 3. The number of halogens is 1. The van der Waals surface area contributed by atoms with E-state index in [0.717, 1.165) is 5.56 Å². The number of ether oxygens (including phenoxy) is 1. The maximum atomic E-state index is 13.2. The van der Waals surface area contributed by atoms with Crippen LogP contribution in [0, 0.1) is 29.5 Å². The van der Waals surface area contributed by atoms with Crippen LogP contribution in [-0.2, 0) is 25.5 Å². The van der Waals surface area contributed by atoms with Gasteiger partial charge in [-0.1, -0.05) is 12.1 Å². The van der Waals surface area contributed by atoms with Gasteiger partial charge in [0, 0.05) is 23.9 Å². The van der Waals surface area contributed by atoms with Gasteiger partial charge in [0.05, 0.1) is 25.2 Å². The van der Waals surface area contributed by atoms with Gasteiger partial charge in [-0.25, -0.2) is 4.39 Å². The highest BCUT2D eigenvalue weighted by molar-refractivity contribution is 6.42. The van der Waals surface area contributed by atoms with Crippen LogP contribution in [0.3, 0.4) is 0 Å². The molecule has 8 atom stereocenters. The van der Waals surface area contributed by atoms with Crippen LogP contribution in [0.15, 0.2) is 24.3 Å². The smallest absolute Gasteiger partial charge is 0.311 e. The molecule has 1 aromatic carbocycles. The third kappa shape index (κ3) is 2.87. The lowest BCUT2D eigenvalue weighted by Gasteiger charge is -2.50. The van der Waals surface area contributed by atoms with Crippen molar-refractivity contribution in [2.45, 2.75) is 37.1 Å². The molecule has 0 spiro atoms. The number of esters is 1. The van der Waals surface area contributed by atoms with Crippen molar-refractivity contribution in [2.24, 2.45) is 29.4 Å². The number of nitrogens with one attached hydrogen (secondary N) is 1. The van der Waals surface area contributed by atoms with Crippen LogP contribution in [0.1, 0.15) is 12.0 Å². The number of hydrogen-bond donors (Lipinski definition) is 3. The third-order valence-electron chi connectivity index (χ3n) is 6.61. The van der Waals surface area contributed by atoms with Gasteiger partial charge < -0.3 is 20.9 Å². The standard InChI is InChI=1S/C20H23FN2O5/c1-28-20(27)11-7-12(22)14-13-10(6-8-2-4-9(21)5-3-8)15(19(26)18(13)25)23-16(14)17(11)24/h2-5,10-17,23-24H,6-7,22H2,1H3. The molecular formula is C20H23FN2O5. The van der Waals surface area contributed by atoms with E-state index in [1.54, 1.807) is 12.1 Å². The largest absolute Gasteiger partial charge is 0.469 e. The molecule has 3 fully saturated rings. The Balaban J connectivity index is 1.65. The second-order valence-corrected chi connectivity index (χ2v) is 8.02. The molecule has 0 aromatic heterocycles. The molecule has 0 radical (unpaired) electrons. The number of fused-ring (bicyclic) bond motifs is 4. The van der Waals surface area contributed by atoms with Gasteiger partial charge in [-0.15, -0.1) is 0 Å². The number of benzene rings is 1. The van der Waals surface area contributed by atoms with Crippen molar-refractivity contribution in [1.82, 2.24) is 5.32 Å². The van der Waals surface area contributed by atoms with E-state index in [1.807, 2.05) is 0 Å². The molecule has 2 aliphatic carbocycles. The van der Waals surface area contributed by atoms with E-state index >= 15 is 0 Å². The molecule has 2 saturated carbocycles. The minimum Gasteiger partial charge on any atom is -0.469 e. The summed E-state index contributed by atoms with van der Waals surface area (Å²) in [6, 6.07) is 4.04. The first-order chi connectivity index (χ1) is 13.3. The maximum Gasteiger partial charge on any atom is 0.311 e. The number of hydrogen-bond acceptors (Lipinski definition) is 7. The molecule has 8 heteroatoms. The van der Waals surface area contributed by atoms with E-state index in [1.165, 1.54) is 19.2 Å². The highest BCUT2D eigenvalue weighted by atomic mass is 19.1. The minimum atomic E-state index is -1.09. The quantitative estimate of drug-likeness (QED) is 0.474. The number of aliphatic hydroxyl groups is 1. The summed E-state index contributed by atoms with van der Waals surface area (Å²) in [6.45, 7) is 0. The Hall–Kier alpha value is -2.16. The summed E-state index contributed by atoms with van der Waals surface area (Å²) in [5.74, 6) is -4.11. The van der Waals surface area contributed by atoms with Crippen molar-refractivity contribution in [2.75, 3.05) is 7.11 Å². The van der Waals surface area contributed by atoms with Crippen molar-refractivity contribution >= 4 is 17.5 Å². The molecule has 28 heavy (non-hydrogen) atoms. The Labute approximate surface area is 161 Å². The van der Waals surface area contributed by atoms with Crippen molar-refractivity contribution in [1.29, 1.82) is 0 Å². The lowest BCUT2D eigenvalue weighted by Crippen LogP contribution is -2.68. The second-order valence-electron chi connectivity index (χ2n) is 8.02. The molecule has 2 bridgehead atoms. The van der Waals surface area contributed by atoms with Crippen molar-refractivity contribution < 1.29 is 28.6 Å². The van der Waals surface area contributed by atoms with Crippen LogP contribution in [0.2, 0.25) is 0 Å². The number of aliphatic hydroxyl groups excluding tert-OH is 1. The molecule has 1 heterocycles. The van der Waals surface area contributed by atoms with Gasteiger partial charge in [-0.2, -0.15) is 0 Å². The molecule has 150 valence electrons. The van der Waals surface area contributed by atoms with E-state index in [2.05, 4.69) is 5.32 Å². The van der Waals surface area contributed by atoms with Gasteiger partial charge in [-0.05, 0) is 36.5 Å². The van der Waals surface area contributed by atoms with Crippen LogP contribution in [0.25, 0.3) is 0 Å². The van der Waals surface area contributed by atoms with E-state index in [4.69, 9.17) is 10.5 Å². The third-order valence-corrected chi connectivity index (χ3v) is 6.61. The highest BCUT2D eigenvalue weighted by Crippen LogP contribution is 2.46. The Kier molecular flexibility index (Phi) is 4.81. The Bertz CT molecular complexity index is 813. The van der Waals surface area contributed by atoms with Crippen LogP contribution < -0.4 is 11.1 Å². The Morgan fingerprint density at radius 2 is 1.96 bits per heavy atom. The zero-order valence-corrected chi connectivity index (χ0v) is 15.4. The van der Waals surface area contributed by atoms with Crippen molar-refractivity contribution in [3.63, 3.8) is 0 Å². The van der Waals surface area contributed by atoms with Crippen LogP contribution in [0.4, 0.5) is 4.39 Å². The number of nitrogens with two attached hydrogens (primary N) is 1. The zero-order valence-electron chi connectivity index (χ0n) is 15.4. The fourth-order valence-electron chi connectivity index (χ4n) is 5.34.